The van der Waals surface area contributed by atoms with E-state index in [2.05, 4.69) is 5.32 Å². The van der Waals surface area contributed by atoms with Crippen LogP contribution in [0.3, 0.4) is 0 Å². The molecule has 1 saturated carbocycles. The summed E-state index contributed by atoms with van der Waals surface area (Å²) in [6.45, 7) is 0. The molecule has 2 aromatic carbocycles. The number of hydrogen-bond acceptors (Lipinski definition) is 4. The van der Waals surface area contributed by atoms with Crippen molar-refractivity contribution in [3.05, 3.63) is 54.3 Å². The normalized spacial score (nSPS) is 19.2. The number of methoxy groups -OCH3 is 1. The molecule has 1 saturated heterocycles. The van der Waals surface area contributed by atoms with Gasteiger partial charge in [0.2, 0.25) is 5.91 Å². The van der Waals surface area contributed by atoms with Crippen molar-refractivity contribution in [3.63, 3.8) is 0 Å². The number of nitrogens with zero attached hydrogens (tertiary/aromatic N) is 2. The molecule has 8 heteroatoms. The maximum absolute atomic E-state index is 13.4. The van der Waals surface area contributed by atoms with Gasteiger partial charge in [-0.05, 0) is 55.3 Å². The predicted octanol–water partition coefficient (Wildman–Crippen LogP) is 3.94. The van der Waals surface area contributed by atoms with Crippen molar-refractivity contribution in [2.75, 3.05) is 17.3 Å². The first-order chi connectivity index (χ1) is 15.0. The number of halogens is 1. The van der Waals surface area contributed by atoms with Crippen LogP contribution in [-0.2, 0) is 9.59 Å². The number of rotatable bonds is 6. The number of amides is 4. The van der Waals surface area contributed by atoms with Gasteiger partial charge in [-0.25, -0.2) is 14.1 Å². The van der Waals surface area contributed by atoms with Crippen molar-refractivity contribution in [2.24, 2.45) is 0 Å². The summed E-state index contributed by atoms with van der Waals surface area (Å²) in [4.78, 5) is 41.9. The third-order valence-corrected chi connectivity index (χ3v) is 5.79. The minimum absolute atomic E-state index is 0.0772. The molecule has 1 aliphatic heterocycles. The molecule has 1 heterocycles. The highest BCUT2D eigenvalue weighted by atomic mass is 19.1. The maximum atomic E-state index is 13.4. The molecule has 2 aliphatic rings. The molecule has 1 aliphatic carbocycles. The Labute approximate surface area is 179 Å². The van der Waals surface area contributed by atoms with Gasteiger partial charge < -0.3 is 15.0 Å². The summed E-state index contributed by atoms with van der Waals surface area (Å²) in [5, 5.41) is 2.62. The van der Waals surface area contributed by atoms with E-state index in [4.69, 9.17) is 4.74 Å². The van der Waals surface area contributed by atoms with Gasteiger partial charge in [0.15, 0.2) is 0 Å². The van der Waals surface area contributed by atoms with Crippen LogP contribution in [0.5, 0.6) is 5.75 Å². The zero-order valence-electron chi connectivity index (χ0n) is 17.2. The van der Waals surface area contributed by atoms with Crippen LogP contribution in [0, 0.1) is 5.82 Å². The number of hydrogen-bond donors (Lipinski definition) is 1. The number of carbonyl (C=O) groups excluding carboxylic acids is 3. The molecular weight excluding hydrogens is 401 g/mol. The van der Waals surface area contributed by atoms with E-state index in [1.165, 1.54) is 25.3 Å². The van der Waals surface area contributed by atoms with Gasteiger partial charge in [0.05, 0.1) is 19.2 Å². The van der Waals surface area contributed by atoms with E-state index in [1.54, 1.807) is 35.2 Å². The lowest BCUT2D eigenvalue weighted by Gasteiger charge is -2.27. The number of anilines is 2. The van der Waals surface area contributed by atoms with Gasteiger partial charge in [-0.3, -0.25) is 9.59 Å². The van der Waals surface area contributed by atoms with Crippen molar-refractivity contribution in [1.82, 2.24) is 4.90 Å². The fourth-order valence-electron chi connectivity index (χ4n) is 4.31. The van der Waals surface area contributed by atoms with Gasteiger partial charge in [-0.2, -0.15) is 0 Å². The highest BCUT2D eigenvalue weighted by molar-refractivity contribution is 6.22. The quantitative estimate of drug-likeness (QED) is 0.711. The lowest BCUT2D eigenvalue weighted by molar-refractivity contribution is -0.124. The molecule has 4 amide bonds. The molecule has 0 unspecified atom stereocenters. The van der Waals surface area contributed by atoms with Crippen LogP contribution < -0.4 is 15.0 Å². The number of carbonyl (C=O) groups is 3. The average Bonchev–Trinajstić information content (AvgIpc) is 3.35. The summed E-state index contributed by atoms with van der Waals surface area (Å²) < 4.78 is 18.6. The van der Waals surface area contributed by atoms with Crippen LogP contribution in [0.25, 0.3) is 0 Å². The van der Waals surface area contributed by atoms with E-state index in [9.17, 15) is 18.8 Å². The molecular formula is C23H24FN3O4. The summed E-state index contributed by atoms with van der Waals surface area (Å²) in [7, 11) is 1.54. The highest BCUT2D eigenvalue weighted by Crippen LogP contribution is 2.34. The zero-order chi connectivity index (χ0) is 22.0. The molecule has 0 radical (unpaired) electrons. The SMILES string of the molecule is COc1ccc(N2C(=O)[C@@H](CC(=O)Nc3cccc(F)c3)N(C3CCCC3)C2=O)cc1. The van der Waals surface area contributed by atoms with Crippen LogP contribution in [-0.4, -0.2) is 41.9 Å². The van der Waals surface area contributed by atoms with E-state index >= 15 is 0 Å². The lowest BCUT2D eigenvalue weighted by atomic mass is 10.1. The molecule has 4 rings (SSSR count). The summed E-state index contributed by atoms with van der Waals surface area (Å²) in [6, 6.07) is 10.8. The molecule has 7 nitrogen and oxygen atoms in total. The molecule has 2 aromatic rings. The zero-order valence-corrected chi connectivity index (χ0v) is 17.2. The Morgan fingerprint density at radius 3 is 2.48 bits per heavy atom. The van der Waals surface area contributed by atoms with E-state index in [0.29, 0.717) is 17.1 Å². The maximum Gasteiger partial charge on any atom is 0.332 e. The van der Waals surface area contributed by atoms with Gasteiger partial charge in [0.1, 0.15) is 17.6 Å². The van der Waals surface area contributed by atoms with Crippen LogP contribution >= 0.6 is 0 Å². The number of ether oxygens (including phenoxy) is 1. The van der Waals surface area contributed by atoms with Crippen LogP contribution in [0.4, 0.5) is 20.6 Å². The summed E-state index contributed by atoms with van der Waals surface area (Å²) in [6.07, 6.45) is 3.37. The van der Waals surface area contributed by atoms with Crippen molar-refractivity contribution in [2.45, 2.75) is 44.2 Å². The van der Waals surface area contributed by atoms with Gasteiger partial charge in [-0.15, -0.1) is 0 Å². The Morgan fingerprint density at radius 1 is 1.13 bits per heavy atom. The minimum Gasteiger partial charge on any atom is -0.497 e. The van der Waals surface area contributed by atoms with Gasteiger partial charge >= 0.3 is 6.03 Å². The number of benzene rings is 2. The van der Waals surface area contributed by atoms with Crippen molar-refractivity contribution in [1.29, 1.82) is 0 Å². The Kier molecular flexibility index (Phi) is 5.88. The Balaban J connectivity index is 1.57. The molecule has 162 valence electrons. The predicted molar refractivity (Wildman–Crippen MR) is 113 cm³/mol. The third kappa shape index (κ3) is 4.23. The van der Waals surface area contributed by atoms with E-state index in [-0.39, 0.29) is 12.5 Å². The Hall–Kier alpha value is -3.42. The fourth-order valence-corrected chi connectivity index (χ4v) is 4.31. The molecule has 1 atom stereocenters. The Bertz CT molecular complexity index is 989. The standard InChI is InChI=1S/C23H24FN3O4/c1-31-19-11-9-18(10-12-19)27-22(29)20(26(23(27)30)17-7-2-3-8-17)14-21(28)25-16-6-4-5-15(24)13-16/h4-6,9-13,17,20H,2-3,7-8,14H2,1H3,(H,25,28)/t20-/m1/s1. The number of urea groups is 1. The minimum atomic E-state index is -0.897. The van der Waals surface area contributed by atoms with Crippen LogP contribution in [0.15, 0.2) is 48.5 Å². The summed E-state index contributed by atoms with van der Waals surface area (Å²) >= 11 is 0. The van der Waals surface area contributed by atoms with Crippen molar-refractivity contribution < 1.29 is 23.5 Å². The van der Waals surface area contributed by atoms with Crippen LogP contribution in [0.2, 0.25) is 0 Å². The van der Waals surface area contributed by atoms with Crippen LogP contribution in [0.1, 0.15) is 32.1 Å². The summed E-state index contributed by atoms with van der Waals surface area (Å²) in [5.41, 5.74) is 0.744. The first-order valence-corrected chi connectivity index (χ1v) is 10.3. The molecule has 0 aromatic heterocycles. The second-order valence-electron chi connectivity index (χ2n) is 7.78. The van der Waals surface area contributed by atoms with Gasteiger partial charge in [0.25, 0.3) is 5.91 Å². The smallest absolute Gasteiger partial charge is 0.332 e. The molecule has 2 fully saturated rings. The molecule has 31 heavy (non-hydrogen) atoms. The third-order valence-electron chi connectivity index (χ3n) is 5.79. The van der Waals surface area contributed by atoms with Gasteiger partial charge in [-0.1, -0.05) is 18.9 Å². The van der Waals surface area contributed by atoms with Crippen molar-refractivity contribution >= 4 is 29.2 Å². The van der Waals surface area contributed by atoms with E-state index in [0.717, 1.165) is 30.6 Å². The number of nitrogens with one attached hydrogen (secondary N) is 1. The van der Waals surface area contributed by atoms with Crippen molar-refractivity contribution in [3.8, 4) is 5.75 Å². The molecule has 1 N–H and O–H groups in total. The number of imide groups is 1. The second kappa shape index (κ2) is 8.75. The van der Waals surface area contributed by atoms with Gasteiger partial charge in [0, 0.05) is 11.7 Å². The first-order valence-electron chi connectivity index (χ1n) is 10.3. The lowest BCUT2D eigenvalue weighted by Crippen LogP contribution is -2.43. The topological polar surface area (TPSA) is 79.0 Å². The van der Waals surface area contributed by atoms with E-state index in [1.807, 2.05) is 0 Å². The summed E-state index contributed by atoms with van der Waals surface area (Å²) in [5.74, 6) is -0.738. The second-order valence-corrected chi connectivity index (χ2v) is 7.78. The largest absolute Gasteiger partial charge is 0.497 e. The first kappa shape index (κ1) is 20.8. The Morgan fingerprint density at radius 2 is 1.84 bits per heavy atom. The fraction of sp³-hybridized carbons (Fsp3) is 0.348. The average molecular weight is 425 g/mol. The molecule has 0 bridgehead atoms. The highest BCUT2D eigenvalue weighted by Gasteiger charge is 2.49. The monoisotopic (exact) mass is 425 g/mol. The molecule has 0 spiro atoms. The van der Waals surface area contributed by atoms with E-state index < -0.39 is 29.7 Å².